The van der Waals surface area contributed by atoms with Crippen LogP contribution in [-0.2, 0) is 21.6 Å². The van der Waals surface area contributed by atoms with Crippen LogP contribution in [0.3, 0.4) is 0 Å². The van der Waals surface area contributed by atoms with Gasteiger partial charge in [-0.05, 0) is 48.9 Å². The van der Waals surface area contributed by atoms with Crippen LogP contribution in [0.1, 0.15) is 29.5 Å². The lowest BCUT2D eigenvalue weighted by Gasteiger charge is -2.34. The molecule has 0 radical (unpaired) electrons. The highest BCUT2D eigenvalue weighted by Gasteiger charge is 2.34. The fraction of sp³-hybridized carbons (Fsp3) is 0.300. The number of fused-ring (bicyclic) bond motifs is 1. The number of anilines is 1. The fourth-order valence-corrected chi connectivity index (χ4v) is 3.28. The number of benzene rings is 2. The van der Waals surface area contributed by atoms with E-state index in [1.165, 1.54) is 0 Å². The third kappa shape index (κ3) is 3.72. The maximum Gasteiger partial charge on any atom is 0.313 e. The lowest BCUT2D eigenvalue weighted by atomic mass is 9.79. The first kappa shape index (κ1) is 17.2. The second kappa shape index (κ2) is 7.07. The van der Waals surface area contributed by atoms with Crippen LogP contribution in [0.25, 0.3) is 0 Å². The van der Waals surface area contributed by atoms with Crippen molar-refractivity contribution < 1.29 is 14.7 Å². The van der Waals surface area contributed by atoms with Gasteiger partial charge in [0.15, 0.2) is 0 Å². The first-order valence-corrected chi connectivity index (χ1v) is 8.45. The molecular formula is C20H22N2O3. The molecule has 0 saturated carbocycles. The summed E-state index contributed by atoms with van der Waals surface area (Å²) >= 11 is 0. The molecule has 0 fully saturated rings. The van der Waals surface area contributed by atoms with E-state index in [4.69, 9.17) is 0 Å². The van der Waals surface area contributed by atoms with E-state index in [2.05, 4.69) is 10.6 Å². The van der Waals surface area contributed by atoms with Crippen molar-refractivity contribution in [1.82, 2.24) is 5.32 Å². The van der Waals surface area contributed by atoms with Gasteiger partial charge in [0.25, 0.3) is 0 Å². The van der Waals surface area contributed by atoms with E-state index in [0.29, 0.717) is 12.1 Å². The second-order valence-corrected chi connectivity index (χ2v) is 6.49. The highest BCUT2D eigenvalue weighted by Crippen LogP contribution is 2.34. The van der Waals surface area contributed by atoms with Gasteiger partial charge in [0, 0.05) is 5.69 Å². The van der Waals surface area contributed by atoms with E-state index in [1.807, 2.05) is 43.3 Å². The molecule has 1 unspecified atom stereocenters. The normalized spacial score (nSPS) is 19.0. The maximum atomic E-state index is 12.1. The van der Waals surface area contributed by atoms with Crippen LogP contribution >= 0.6 is 0 Å². The van der Waals surface area contributed by atoms with Crippen LogP contribution in [0.2, 0.25) is 0 Å². The predicted molar refractivity (Wildman–Crippen MR) is 96.1 cm³/mol. The maximum absolute atomic E-state index is 12.1. The van der Waals surface area contributed by atoms with Gasteiger partial charge in [-0.25, -0.2) is 0 Å². The zero-order chi connectivity index (χ0) is 17.9. The molecule has 130 valence electrons. The Bertz CT molecular complexity index is 803. The standard InChI is InChI=1S/C20H22N2O3/c1-14-7-2-5-11-17(14)22-19(24)18(23)21-13-20(25)12-6-9-15-8-3-4-10-16(15)20/h2-5,7-8,10-11,25H,6,9,12-13H2,1H3,(H,21,23)(H,22,24). The van der Waals surface area contributed by atoms with Gasteiger partial charge in [-0.2, -0.15) is 0 Å². The number of nitrogens with one attached hydrogen (secondary N) is 2. The Morgan fingerprint density at radius 1 is 1.08 bits per heavy atom. The van der Waals surface area contributed by atoms with E-state index in [1.54, 1.807) is 12.1 Å². The third-order valence-electron chi connectivity index (χ3n) is 4.70. The van der Waals surface area contributed by atoms with Crippen molar-refractivity contribution in [2.75, 3.05) is 11.9 Å². The first-order chi connectivity index (χ1) is 12.0. The Morgan fingerprint density at radius 2 is 1.80 bits per heavy atom. The number of carbonyl (C=O) groups is 2. The molecule has 0 aliphatic heterocycles. The number of para-hydroxylation sites is 1. The third-order valence-corrected chi connectivity index (χ3v) is 4.70. The first-order valence-electron chi connectivity index (χ1n) is 8.45. The summed E-state index contributed by atoms with van der Waals surface area (Å²) in [5.41, 5.74) is 2.27. The van der Waals surface area contributed by atoms with Crippen molar-refractivity contribution in [3.63, 3.8) is 0 Å². The smallest absolute Gasteiger partial charge is 0.313 e. The van der Waals surface area contributed by atoms with E-state index in [9.17, 15) is 14.7 Å². The van der Waals surface area contributed by atoms with Crippen molar-refractivity contribution in [3.8, 4) is 0 Å². The molecule has 2 aromatic rings. The molecule has 3 rings (SSSR count). The van der Waals surface area contributed by atoms with E-state index >= 15 is 0 Å². The van der Waals surface area contributed by atoms with Gasteiger partial charge in [0.1, 0.15) is 5.60 Å². The van der Waals surface area contributed by atoms with Gasteiger partial charge in [-0.3, -0.25) is 9.59 Å². The van der Waals surface area contributed by atoms with Crippen molar-refractivity contribution in [2.45, 2.75) is 31.8 Å². The van der Waals surface area contributed by atoms with E-state index in [-0.39, 0.29) is 6.54 Å². The fourth-order valence-electron chi connectivity index (χ4n) is 3.28. The molecular weight excluding hydrogens is 316 g/mol. The van der Waals surface area contributed by atoms with E-state index < -0.39 is 17.4 Å². The van der Waals surface area contributed by atoms with E-state index in [0.717, 1.165) is 29.5 Å². The minimum atomic E-state index is -1.13. The number of amides is 2. The molecule has 1 aliphatic rings. The highest BCUT2D eigenvalue weighted by molar-refractivity contribution is 6.39. The van der Waals surface area contributed by atoms with Crippen LogP contribution < -0.4 is 10.6 Å². The minimum absolute atomic E-state index is 0.0179. The van der Waals surface area contributed by atoms with Crippen LogP contribution in [0.4, 0.5) is 5.69 Å². The summed E-state index contributed by atoms with van der Waals surface area (Å²) < 4.78 is 0. The van der Waals surface area contributed by atoms with Gasteiger partial charge < -0.3 is 15.7 Å². The highest BCUT2D eigenvalue weighted by atomic mass is 16.3. The molecule has 2 aromatic carbocycles. The summed E-state index contributed by atoms with van der Waals surface area (Å²) in [6, 6.07) is 14.9. The minimum Gasteiger partial charge on any atom is -0.383 e. The summed E-state index contributed by atoms with van der Waals surface area (Å²) in [5.74, 6) is -1.48. The Morgan fingerprint density at radius 3 is 2.60 bits per heavy atom. The molecule has 0 saturated heterocycles. The molecule has 5 nitrogen and oxygen atoms in total. The Kier molecular flexibility index (Phi) is 4.86. The molecule has 1 aliphatic carbocycles. The quantitative estimate of drug-likeness (QED) is 0.751. The second-order valence-electron chi connectivity index (χ2n) is 6.49. The van der Waals surface area contributed by atoms with Gasteiger partial charge in [0.05, 0.1) is 6.54 Å². The zero-order valence-corrected chi connectivity index (χ0v) is 14.2. The lowest BCUT2D eigenvalue weighted by Crippen LogP contribution is -2.46. The van der Waals surface area contributed by atoms with Gasteiger partial charge in [-0.15, -0.1) is 0 Å². The zero-order valence-electron chi connectivity index (χ0n) is 14.2. The largest absolute Gasteiger partial charge is 0.383 e. The van der Waals surface area contributed by atoms with Crippen LogP contribution in [0.15, 0.2) is 48.5 Å². The topological polar surface area (TPSA) is 78.4 Å². The average Bonchev–Trinajstić information content (AvgIpc) is 2.62. The number of aliphatic hydroxyl groups is 1. The number of hydrogen-bond donors (Lipinski definition) is 3. The summed E-state index contributed by atoms with van der Waals surface area (Å²) in [6.45, 7) is 1.87. The van der Waals surface area contributed by atoms with Crippen molar-refractivity contribution in [2.24, 2.45) is 0 Å². The van der Waals surface area contributed by atoms with Gasteiger partial charge in [0.2, 0.25) is 0 Å². The number of hydrogen-bond acceptors (Lipinski definition) is 3. The van der Waals surface area contributed by atoms with Crippen LogP contribution in [0.5, 0.6) is 0 Å². The summed E-state index contributed by atoms with van der Waals surface area (Å²) in [5, 5.41) is 16.1. The molecule has 1 atom stereocenters. The Balaban J connectivity index is 1.64. The Labute approximate surface area is 147 Å². The summed E-state index contributed by atoms with van der Waals surface area (Å²) in [6.07, 6.45) is 2.32. The van der Waals surface area contributed by atoms with Crippen molar-refractivity contribution >= 4 is 17.5 Å². The lowest BCUT2D eigenvalue weighted by molar-refractivity contribution is -0.137. The van der Waals surface area contributed by atoms with Gasteiger partial charge in [-0.1, -0.05) is 42.5 Å². The summed E-state index contributed by atoms with van der Waals surface area (Å²) in [4.78, 5) is 24.2. The molecule has 5 heteroatoms. The molecule has 0 aromatic heterocycles. The number of rotatable bonds is 3. The van der Waals surface area contributed by atoms with Gasteiger partial charge >= 0.3 is 11.8 Å². The summed E-state index contributed by atoms with van der Waals surface area (Å²) in [7, 11) is 0. The number of aryl methyl sites for hydroxylation is 2. The predicted octanol–water partition coefficient (Wildman–Crippen LogP) is 2.27. The molecule has 0 heterocycles. The average molecular weight is 338 g/mol. The van der Waals surface area contributed by atoms with Crippen molar-refractivity contribution in [1.29, 1.82) is 0 Å². The SMILES string of the molecule is Cc1ccccc1NC(=O)C(=O)NCC1(O)CCCc2ccccc21. The van der Waals surface area contributed by atoms with Crippen LogP contribution in [0, 0.1) is 6.92 Å². The molecule has 2 amide bonds. The molecule has 0 bridgehead atoms. The van der Waals surface area contributed by atoms with Crippen LogP contribution in [-0.4, -0.2) is 23.5 Å². The molecule has 25 heavy (non-hydrogen) atoms. The molecule has 3 N–H and O–H groups in total. The van der Waals surface area contributed by atoms with Crippen molar-refractivity contribution in [3.05, 3.63) is 65.2 Å². The number of carbonyl (C=O) groups excluding carboxylic acids is 2. The monoisotopic (exact) mass is 338 g/mol. The Hall–Kier alpha value is -2.66. The molecule has 0 spiro atoms.